The van der Waals surface area contributed by atoms with Crippen LogP contribution in [0.2, 0.25) is 0 Å². The van der Waals surface area contributed by atoms with E-state index in [9.17, 15) is 24.3 Å². The fourth-order valence-corrected chi connectivity index (χ4v) is 2.21. The van der Waals surface area contributed by atoms with E-state index in [1.54, 1.807) is 0 Å². The zero-order valence-electron chi connectivity index (χ0n) is 14.1. The second-order valence-electron chi connectivity index (χ2n) is 5.09. The topological polar surface area (TPSA) is 135 Å². The second kappa shape index (κ2) is 9.89. The molecule has 0 amide bonds. The Morgan fingerprint density at radius 3 is 1.68 bits per heavy atom. The van der Waals surface area contributed by atoms with Crippen LogP contribution < -0.4 is 0 Å². The van der Waals surface area contributed by atoms with Crippen molar-refractivity contribution in [3.8, 4) is 0 Å². The van der Waals surface area contributed by atoms with Gasteiger partial charge in [0.2, 0.25) is 0 Å². The van der Waals surface area contributed by atoms with Crippen LogP contribution >= 0.6 is 0 Å². The maximum absolute atomic E-state index is 11.3. The van der Waals surface area contributed by atoms with E-state index < -0.39 is 54.6 Å². The summed E-state index contributed by atoms with van der Waals surface area (Å²) in [5.74, 6) is -2.87. The minimum absolute atomic E-state index is 0. The maximum atomic E-state index is 11.3. The first-order valence-electron chi connectivity index (χ1n) is 7.10. The summed E-state index contributed by atoms with van der Waals surface area (Å²) in [6.07, 6.45) is -6.79. The van der Waals surface area contributed by atoms with Crippen molar-refractivity contribution in [1.29, 1.82) is 0 Å². The molecular formula is C14H21FO10. The van der Waals surface area contributed by atoms with Crippen molar-refractivity contribution < 1.29 is 52.7 Å². The Morgan fingerprint density at radius 2 is 1.24 bits per heavy atom. The fraction of sp³-hybridized carbons (Fsp3) is 0.714. The molecule has 5 atom stereocenters. The molecule has 1 aliphatic rings. The third-order valence-electron chi connectivity index (χ3n) is 2.97. The van der Waals surface area contributed by atoms with E-state index in [0.717, 1.165) is 27.7 Å². The van der Waals surface area contributed by atoms with E-state index in [-0.39, 0.29) is 11.3 Å². The number of aliphatic hydroxyl groups is 1. The summed E-state index contributed by atoms with van der Waals surface area (Å²) in [4.78, 5) is 44.9. The molecule has 1 saturated heterocycles. The zero-order valence-corrected chi connectivity index (χ0v) is 14.1. The molecule has 0 aromatic rings. The number of ether oxygens (including phenoxy) is 5. The molecule has 1 aliphatic heterocycles. The summed E-state index contributed by atoms with van der Waals surface area (Å²) in [5.41, 5.74) is 0. The van der Waals surface area contributed by atoms with E-state index >= 15 is 0 Å². The number of carbonyl (C=O) groups excluding carboxylic acids is 4. The van der Waals surface area contributed by atoms with Gasteiger partial charge in [0.1, 0.15) is 12.7 Å². The molecule has 11 heteroatoms. The minimum atomic E-state index is -1.68. The van der Waals surface area contributed by atoms with Gasteiger partial charge < -0.3 is 28.8 Å². The van der Waals surface area contributed by atoms with Gasteiger partial charge in [-0.3, -0.25) is 23.9 Å². The number of rotatable bonds is 5. The summed E-state index contributed by atoms with van der Waals surface area (Å²) in [6.45, 7) is 4.09. The molecule has 0 saturated carbocycles. The molecule has 1 N–H and O–H groups in total. The Bertz CT molecular complexity index is 508. The molecule has 1 rings (SSSR count). The lowest BCUT2D eigenvalue weighted by atomic mass is 9.98. The first-order valence-corrected chi connectivity index (χ1v) is 7.10. The van der Waals surface area contributed by atoms with E-state index in [1.807, 2.05) is 0 Å². The molecule has 25 heavy (non-hydrogen) atoms. The number of carbonyl (C=O) groups is 4. The van der Waals surface area contributed by atoms with Crippen molar-refractivity contribution >= 4 is 23.9 Å². The highest BCUT2D eigenvalue weighted by Crippen LogP contribution is 2.28. The monoisotopic (exact) mass is 368 g/mol. The van der Waals surface area contributed by atoms with Gasteiger partial charge in [0.05, 0.1) is 0 Å². The summed E-state index contributed by atoms with van der Waals surface area (Å²) in [5, 5.41) is 10.0. The highest BCUT2D eigenvalue weighted by molar-refractivity contribution is 5.68. The Kier molecular flexibility index (Phi) is 8.99. The molecule has 0 unspecified atom stereocenters. The van der Waals surface area contributed by atoms with Gasteiger partial charge in [-0.2, -0.15) is 0 Å². The molecule has 0 aliphatic carbocycles. The van der Waals surface area contributed by atoms with Crippen LogP contribution in [0.4, 0.5) is 4.70 Å². The summed E-state index contributed by atoms with van der Waals surface area (Å²) in [6, 6.07) is 0. The first kappa shape index (κ1) is 22.7. The fourth-order valence-electron chi connectivity index (χ4n) is 2.21. The molecule has 0 spiro atoms. The Morgan fingerprint density at radius 1 is 0.800 bits per heavy atom. The van der Waals surface area contributed by atoms with Gasteiger partial charge in [-0.05, 0) is 0 Å². The molecule has 144 valence electrons. The molecule has 0 radical (unpaired) electrons. The van der Waals surface area contributed by atoms with Crippen LogP contribution in [0.1, 0.15) is 27.7 Å². The van der Waals surface area contributed by atoms with Crippen LogP contribution in [-0.4, -0.2) is 66.3 Å². The van der Waals surface area contributed by atoms with E-state index in [4.69, 9.17) is 23.7 Å². The first-order chi connectivity index (χ1) is 11.1. The highest BCUT2D eigenvalue weighted by Gasteiger charge is 2.51. The highest BCUT2D eigenvalue weighted by atomic mass is 19.0. The SMILES string of the molecule is CC(=O)OC[C@H]1O[C@H](O)[C@H](OC(C)=O)[C@@H](OC(C)=O)[C@@H]1OC(C)=O.F. The predicted octanol–water partition coefficient (Wildman–Crippen LogP) is -0.786. The van der Waals surface area contributed by atoms with E-state index in [1.165, 1.54) is 0 Å². The van der Waals surface area contributed by atoms with E-state index in [2.05, 4.69) is 0 Å². The van der Waals surface area contributed by atoms with Crippen LogP contribution in [0.3, 0.4) is 0 Å². The summed E-state index contributed by atoms with van der Waals surface area (Å²) >= 11 is 0. The lowest BCUT2D eigenvalue weighted by molar-refractivity contribution is -0.296. The molecule has 0 aromatic heterocycles. The second-order valence-corrected chi connectivity index (χ2v) is 5.09. The van der Waals surface area contributed by atoms with Gasteiger partial charge in [0, 0.05) is 27.7 Å². The Balaban J connectivity index is 0.00000576. The number of halogens is 1. The number of hydrogen-bond donors (Lipinski definition) is 1. The van der Waals surface area contributed by atoms with Crippen molar-refractivity contribution in [3.05, 3.63) is 0 Å². The summed E-state index contributed by atoms with van der Waals surface area (Å²) in [7, 11) is 0. The van der Waals surface area contributed by atoms with Gasteiger partial charge in [0.15, 0.2) is 24.6 Å². The number of hydrogen-bond acceptors (Lipinski definition) is 10. The van der Waals surface area contributed by atoms with Gasteiger partial charge >= 0.3 is 23.9 Å². The lowest BCUT2D eigenvalue weighted by Gasteiger charge is -2.42. The van der Waals surface area contributed by atoms with Gasteiger partial charge in [-0.15, -0.1) is 0 Å². The van der Waals surface area contributed by atoms with Crippen LogP contribution in [0, 0.1) is 0 Å². The molecular weight excluding hydrogens is 347 g/mol. The quantitative estimate of drug-likeness (QED) is 0.486. The average molecular weight is 368 g/mol. The van der Waals surface area contributed by atoms with Crippen molar-refractivity contribution in [3.63, 3.8) is 0 Å². The smallest absolute Gasteiger partial charge is 0.303 e. The minimum Gasteiger partial charge on any atom is -0.463 e. The zero-order chi connectivity index (χ0) is 18.4. The van der Waals surface area contributed by atoms with E-state index in [0.29, 0.717) is 0 Å². The molecule has 1 heterocycles. The van der Waals surface area contributed by atoms with Gasteiger partial charge in [-0.25, -0.2) is 0 Å². The maximum Gasteiger partial charge on any atom is 0.303 e. The van der Waals surface area contributed by atoms with Gasteiger partial charge in [-0.1, -0.05) is 0 Å². The third-order valence-corrected chi connectivity index (χ3v) is 2.97. The van der Waals surface area contributed by atoms with Crippen LogP contribution in [-0.2, 0) is 42.9 Å². The number of esters is 4. The molecule has 10 nitrogen and oxygen atoms in total. The number of aliphatic hydroxyl groups excluding tert-OH is 1. The summed E-state index contributed by atoms with van der Waals surface area (Å²) < 4.78 is 25.0. The standard InChI is InChI=1S/C14H20O10.FH/c1-6(15)20-5-10-11(21-7(2)16)12(22-8(3)17)13(14(19)24-10)23-9(4)18;/h10-14,19H,5H2,1-4H3;1H/t10-,11-,12+,13-,14+;/m1./s1. The normalized spacial score (nSPS) is 28.1. The van der Waals surface area contributed by atoms with Gasteiger partial charge in [0.25, 0.3) is 0 Å². The van der Waals surface area contributed by atoms with Crippen LogP contribution in [0.5, 0.6) is 0 Å². The van der Waals surface area contributed by atoms with Crippen molar-refractivity contribution in [2.45, 2.75) is 58.4 Å². The molecule has 0 aromatic carbocycles. The lowest BCUT2D eigenvalue weighted by Crippen LogP contribution is -2.62. The van der Waals surface area contributed by atoms with Crippen LogP contribution in [0.25, 0.3) is 0 Å². The predicted molar refractivity (Wildman–Crippen MR) is 76.7 cm³/mol. The molecule has 1 fully saturated rings. The largest absolute Gasteiger partial charge is 0.463 e. The van der Waals surface area contributed by atoms with Crippen molar-refractivity contribution in [2.75, 3.05) is 6.61 Å². The third kappa shape index (κ3) is 7.01. The van der Waals surface area contributed by atoms with Crippen molar-refractivity contribution in [1.82, 2.24) is 0 Å². The Hall–Kier alpha value is -2.27. The van der Waals surface area contributed by atoms with Crippen LogP contribution in [0.15, 0.2) is 0 Å². The average Bonchev–Trinajstić information content (AvgIpc) is 2.42. The Labute approximate surface area is 142 Å². The van der Waals surface area contributed by atoms with Crippen molar-refractivity contribution in [2.24, 2.45) is 0 Å². The molecule has 0 bridgehead atoms.